The van der Waals surface area contributed by atoms with Crippen LogP contribution in [0.4, 0.5) is 0 Å². The number of ether oxygens (including phenoxy) is 1. The Morgan fingerprint density at radius 2 is 1.79 bits per heavy atom. The summed E-state index contributed by atoms with van der Waals surface area (Å²) in [6.07, 6.45) is 3.87. The minimum atomic E-state index is -0.717. The number of halogens is 1. The molecule has 0 saturated carbocycles. The smallest absolute Gasteiger partial charge is 0.271 e. The number of likely N-dealkylation sites (N-methyl/N-ethyl adjacent to an activating group) is 1. The molecule has 6 rings (SSSR count). The number of benzene rings is 3. The van der Waals surface area contributed by atoms with E-state index < -0.39 is 6.04 Å². The van der Waals surface area contributed by atoms with Crippen LogP contribution in [-0.4, -0.2) is 40.1 Å². The summed E-state index contributed by atoms with van der Waals surface area (Å²) in [5.74, 6) is 0.478. The number of amides is 1. The molecule has 0 saturated heterocycles. The summed E-state index contributed by atoms with van der Waals surface area (Å²) in [6, 6.07) is 23.1. The van der Waals surface area contributed by atoms with Gasteiger partial charge in [-0.15, -0.1) is 0 Å². The summed E-state index contributed by atoms with van der Waals surface area (Å²) >= 11 is 4.83. The van der Waals surface area contributed by atoms with Crippen molar-refractivity contribution in [2.45, 2.75) is 26.8 Å². The summed E-state index contributed by atoms with van der Waals surface area (Å²) in [5.41, 5.74) is 3.50. The van der Waals surface area contributed by atoms with Crippen LogP contribution in [0.15, 0.2) is 105 Å². The van der Waals surface area contributed by atoms with E-state index in [0.717, 1.165) is 32.2 Å². The van der Waals surface area contributed by atoms with Gasteiger partial charge in [0, 0.05) is 40.7 Å². The fourth-order valence-electron chi connectivity index (χ4n) is 5.77. The number of hydrogen-bond acceptors (Lipinski definition) is 5. The van der Waals surface area contributed by atoms with Gasteiger partial charge < -0.3 is 14.2 Å². The minimum Gasteiger partial charge on any atom is -0.496 e. The number of nitrogens with zero attached hydrogens (tertiary/aromatic N) is 4. The second kappa shape index (κ2) is 11.8. The van der Waals surface area contributed by atoms with Gasteiger partial charge >= 0.3 is 0 Å². The van der Waals surface area contributed by atoms with Crippen molar-refractivity contribution in [2.75, 3.05) is 20.2 Å². The molecule has 0 fully saturated rings. The lowest BCUT2D eigenvalue weighted by molar-refractivity contribution is -0.127. The summed E-state index contributed by atoms with van der Waals surface area (Å²) in [5, 5.41) is 1.92. The van der Waals surface area contributed by atoms with E-state index >= 15 is 0 Å². The predicted octanol–water partition coefficient (Wildman–Crippen LogP) is 5.82. The third kappa shape index (κ3) is 5.06. The number of aromatic nitrogens is 2. The first-order valence-corrected chi connectivity index (χ1v) is 15.8. The molecular weight excluding hydrogens is 624 g/mol. The molecule has 5 aromatic rings. The van der Waals surface area contributed by atoms with Crippen molar-refractivity contribution < 1.29 is 9.53 Å². The number of carbonyl (C=O) groups excluding carboxylic acids is 1. The van der Waals surface area contributed by atoms with Gasteiger partial charge in [0.25, 0.3) is 11.5 Å². The van der Waals surface area contributed by atoms with Crippen LogP contribution in [0.1, 0.15) is 38.1 Å². The van der Waals surface area contributed by atoms with Crippen LogP contribution < -0.4 is 19.6 Å². The van der Waals surface area contributed by atoms with Crippen LogP contribution >= 0.6 is 27.3 Å². The topological polar surface area (TPSA) is 68.8 Å². The van der Waals surface area contributed by atoms with Crippen LogP contribution in [0.25, 0.3) is 22.5 Å². The van der Waals surface area contributed by atoms with Gasteiger partial charge in [-0.25, -0.2) is 4.99 Å². The van der Waals surface area contributed by atoms with E-state index in [-0.39, 0.29) is 11.5 Å². The molecule has 1 aliphatic rings. The molecule has 0 bridgehead atoms. The largest absolute Gasteiger partial charge is 0.496 e. The summed E-state index contributed by atoms with van der Waals surface area (Å²) in [4.78, 5) is 35.7. The highest BCUT2D eigenvalue weighted by Crippen LogP contribution is 2.40. The molecule has 9 heteroatoms. The maximum atomic E-state index is 14.4. The number of hydrogen-bond donors (Lipinski definition) is 0. The Morgan fingerprint density at radius 1 is 1.05 bits per heavy atom. The van der Waals surface area contributed by atoms with Crippen molar-refractivity contribution in [1.29, 1.82) is 0 Å². The summed E-state index contributed by atoms with van der Waals surface area (Å²) in [7, 11) is 1.62. The highest BCUT2D eigenvalue weighted by atomic mass is 79.9. The summed E-state index contributed by atoms with van der Waals surface area (Å²) < 4.78 is 11.1. The Labute approximate surface area is 261 Å². The molecule has 1 amide bonds. The third-order valence-corrected chi connectivity index (χ3v) is 9.40. The molecule has 43 heavy (non-hydrogen) atoms. The van der Waals surface area contributed by atoms with E-state index in [1.165, 1.54) is 11.3 Å². The highest BCUT2D eigenvalue weighted by molar-refractivity contribution is 9.10. The first kappa shape index (κ1) is 28.9. The van der Waals surface area contributed by atoms with Gasteiger partial charge in [-0.2, -0.15) is 0 Å². The molecule has 0 radical (unpaired) electrons. The molecule has 7 nitrogen and oxygen atoms in total. The van der Waals surface area contributed by atoms with Gasteiger partial charge in [-0.3, -0.25) is 14.2 Å². The molecule has 1 atom stereocenters. The van der Waals surface area contributed by atoms with Crippen molar-refractivity contribution in [1.82, 2.24) is 14.0 Å². The quantitative estimate of drug-likeness (QED) is 0.222. The van der Waals surface area contributed by atoms with Gasteiger partial charge in [-0.1, -0.05) is 57.6 Å². The summed E-state index contributed by atoms with van der Waals surface area (Å²) in [6.45, 7) is 6.87. The first-order chi connectivity index (χ1) is 20.9. The number of rotatable bonds is 7. The molecule has 0 unspecified atom stereocenters. The maximum Gasteiger partial charge on any atom is 0.271 e. The number of fused-ring (bicyclic) bond motifs is 2. The standard InChI is InChI=1S/C34H31BrN4O3S/c1-5-37(6-2)33(41)29-21(3)36-34-39(31(29)30-26-12-8-7-10-22(26)13-18-27(30)42-4)32(40)28(43-34)20-25-11-9-19-38(25)24-16-14-23(35)15-17-24/h7-20,31H,5-6H2,1-4H3/b28-20+/t31-/m0/s1. The zero-order valence-electron chi connectivity index (χ0n) is 24.4. The van der Waals surface area contributed by atoms with E-state index in [2.05, 4.69) is 15.9 Å². The highest BCUT2D eigenvalue weighted by Gasteiger charge is 2.36. The third-order valence-electron chi connectivity index (χ3n) is 7.89. The zero-order valence-corrected chi connectivity index (χ0v) is 26.8. The monoisotopic (exact) mass is 654 g/mol. The van der Waals surface area contributed by atoms with E-state index in [1.54, 1.807) is 16.6 Å². The average Bonchev–Trinajstić information content (AvgIpc) is 3.60. The molecule has 0 N–H and O–H groups in total. The van der Waals surface area contributed by atoms with Gasteiger partial charge in [0.15, 0.2) is 4.80 Å². The van der Waals surface area contributed by atoms with E-state index in [9.17, 15) is 9.59 Å². The molecule has 1 aliphatic heterocycles. The first-order valence-electron chi connectivity index (χ1n) is 14.2. The van der Waals surface area contributed by atoms with Gasteiger partial charge in [0.05, 0.1) is 22.9 Å². The lowest BCUT2D eigenvalue weighted by Crippen LogP contribution is -2.43. The van der Waals surface area contributed by atoms with E-state index in [0.29, 0.717) is 39.4 Å². The SMILES string of the molecule is CCN(CC)C(=O)C1=C(C)N=c2s/c(=C/c3cccn3-c3ccc(Br)cc3)c(=O)n2[C@@H]1c1c(OC)ccc2ccccc12. The predicted molar refractivity (Wildman–Crippen MR) is 176 cm³/mol. The van der Waals surface area contributed by atoms with Crippen LogP contribution in [0.5, 0.6) is 5.75 Å². The average molecular weight is 656 g/mol. The Kier molecular flexibility index (Phi) is 7.94. The number of thiazole rings is 1. The number of carbonyl (C=O) groups is 1. The lowest BCUT2D eigenvalue weighted by Gasteiger charge is -2.30. The lowest BCUT2D eigenvalue weighted by atomic mass is 9.90. The molecule has 3 heterocycles. The van der Waals surface area contributed by atoms with Gasteiger partial charge in [0.2, 0.25) is 0 Å². The van der Waals surface area contributed by atoms with Crippen molar-refractivity contribution in [2.24, 2.45) is 4.99 Å². The van der Waals surface area contributed by atoms with Gasteiger partial charge in [0.1, 0.15) is 11.8 Å². The molecule has 218 valence electrons. The van der Waals surface area contributed by atoms with Crippen molar-refractivity contribution in [3.05, 3.63) is 126 Å². The van der Waals surface area contributed by atoms with Crippen LogP contribution in [0.2, 0.25) is 0 Å². The van der Waals surface area contributed by atoms with Crippen LogP contribution in [0.3, 0.4) is 0 Å². The van der Waals surface area contributed by atoms with Gasteiger partial charge in [-0.05, 0) is 80.1 Å². The second-order valence-electron chi connectivity index (χ2n) is 10.2. The number of allylic oxidation sites excluding steroid dienone is 1. The second-order valence-corrected chi connectivity index (χ2v) is 12.2. The van der Waals surface area contributed by atoms with Crippen molar-refractivity contribution >= 4 is 50.0 Å². The molecule has 0 spiro atoms. The van der Waals surface area contributed by atoms with Crippen LogP contribution in [-0.2, 0) is 4.79 Å². The molecule has 3 aromatic carbocycles. The minimum absolute atomic E-state index is 0.135. The Morgan fingerprint density at radius 3 is 2.51 bits per heavy atom. The fourth-order valence-corrected chi connectivity index (χ4v) is 7.06. The molecule has 2 aromatic heterocycles. The van der Waals surface area contributed by atoms with Crippen LogP contribution in [0, 0.1) is 0 Å². The molecule has 0 aliphatic carbocycles. The molecular formula is C34H31BrN4O3S. The maximum absolute atomic E-state index is 14.4. The zero-order chi connectivity index (χ0) is 30.2. The Hall–Kier alpha value is -4.21. The number of methoxy groups -OCH3 is 1. The van der Waals surface area contributed by atoms with Crippen molar-refractivity contribution in [3.63, 3.8) is 0 Å². The van der Waals surface area contributed by atoms with Crippen molar-refractivity contribution in [3.8, 4) is 11.4 Å². The Balaban J connectivity index is 1.62. The Bertz CT molecular complexity index is 2070. The normalized spacial score (nSPS) is 15.0. The van der Waals surface area contributed by atoms with E-state index in [1.807, 2.05) is 110 Å². The van der Waals surface area contributed by atoms with E-state index in [4.69, 9.17) is 9.73 Å². The fraction of sp³-hybridized carbons (Fsp3) is 0.206.